The Morgan fingerprint density at radius 2 is 2.00 bits per heavy atom. The van der Waals surface area contributed by atoms with Crippen LogP contribution in [0.1, 0.15) is 16.4 Å². The average molecular weight is 180 g/mol. The van der Waals surface area contributed by atoms with E-state index in [-0.39, 0.29) is 0 Å². The summed E-state index contributed by atoms with van der Waals surface area (Å²) in [7, 11) is 0. The largest absolute Gasteiger partial charge is 0.326 e. The van der Waals surface area contributed by atoms with Gasteiger partial charge in [0.05, 0.1) is 5.25 Å². The zero-order chi connectivity index (χ0) is 8.97. The summed E-state index contributed by atoms with van der Waals surface area (Å²) in [5.74, 6) is 0. The van der Waals surface area contributed by atoms with Crippen LogP contribution in [0.25, 0.3) is 0 Å². The SMILES string of the molecule is NCc1ccc(C(S)[C]=O)cc1. The van der Waals surface area contributed by atoms with Crippen LogP contribution in [0, 0.1) is 0 Å². The van der Waals surface area contributed by atoms with Crippen LogP contribution >= 0.6 is 12.6 Å². The standard InChI is InChI=1S/C9H10NOS/c10-5-7-1-3-8(4-2-7)9(12)6-11/h1-4,9,12H,5,10H2. The van der Waals surface area contributed by atoms with Gasteiger partial charge in [-0.05, 0) is 11.1 Å². The predicted molar refractivity (Wildman–Crippen MR) is 51.8 cm³/mol. The van der Waals surface area contributed by atoms with Gasteiger partial charge in [-0.2, -0.15) is 12.6 Å². The monoisotopic (exact) mass is 180 g/mol. The fourth-order valence-corrected chi connectivity index (χ4v) is 1.08. The van der Waals surface area contributed by atoms with Gasteiger partial charge in [0.2, 0.25) is 6.29 Å². The molecule has 0 aliphatic heterocycles. The van der Waals surface area contributed by atoms with Crippen molar-refractivity contribution in [2.75, 3.05) is 0 Å². The van der Waals surface area contributed by atoms with E-state index in [0.29, 0.717) is 6.54 Å². The topological polar surface area (TPSA) is 43.1 Å². The summed E-state index contributed by atoms with van der Waals surface area (Å²) < 4.78 is 0. The molecular weight excluding hydrogens is 170 g/mol. The molecule has 0 saturated carbocycles. The normalized spacial score (nSPS) is 12.5. The van der Waals surface area contributed by atoms with Gasteiger partial charge >= 0.3 is 0 Å². The molecule has 0 heterocycles. The van der Waals surface area contributed by atoms with Crippen molar-refractivity contribution in [1.82, 2.24) is 0 Å². The maximum Gasteiger partial charge on any atom is 0.216 e. The summed E-state index contributed by atoms with van der Waals surface area (Å²) >= 11 is 4.03. The molecular formula is C9H10NOS. The van der Waals surface area contributed by atoms with Gasteiger partial charge in [-0.25, -0.2) is 0 Å². The summed E-state index contributed by atoms with van der Waals surface area (Å²) in [6.07, 6.45) is 1.80. The minimum absolute atomic E-state index is 0.447. The Morgan fingerprint density at radius 3 is 2.42 bits per heavy atom. The molecule has 0 bridgehead atoms. The van der Waals surface area contributed by atoms with Gasteiger partial charge in [-0.1, -0.05) is 24.3 Å². The Kier molecular flexibility index (Phi) is 3.31. The van der Waals surface area contributed by atoms with Crippen LogP contribution in [-0.4, -0.2) is 6.29 Å². The van der Waals surface area contributed by atoms with Crippen molar-refractivity contribution in [2.24, 2.45) is 5.73 Å². The molecule has 1 rings (SSSR count). The number of nitrogens with two attached hydrogens (primary N) is 1. The van der Waals surface area contributed by atoms with E-state index in [4.69, 9.17) is 5.73 Å². The number of benzene rings is 1. The molecule has 1 atom stereocenters. The number of carbonyl (C=O) groups excluding carboxylic acids is 1. The van der Waals surface area contributed by atoms with E-state index in [9.17, 15) is 4.79 Å². The van der Waals surface area contributed by atoms with Crippen LogP contribution in [0.4, 0.5) is 0 Å². The number of hydrogen-bond acceptors (Lipinski definition) is 3. The second-order valence-corrected chi connectivity index (χ2v) is 2.98. The maximum atomic E-state index is 10.2. The molecule has 0 fully saturated rings. The molecule has 0 aromatic heterocycles. The van der Waals surface area contributed by atoms with Crippen molar-refractivity contribution in [3.05, 3.63) is 35.4 Å². The first-order chi connectivity index (χ1) is 5.77. The second kappa shape index (κ2) is 4.28. The zero-order valence-electron chi connectivity index (χ0n) is 6.53. The molecule has 1 aromatic rings. The Hall–Kier alpha value is -0.800. The van der Waals surface area contributed by atoms with Gasteiger partial charge in [-0.15, -0.1) is 0 Å². The first-order valence-electron chi connectivity index (χ1n) is 3.62. The van der Waals surface area contributed by atoms with Crippen molar-refractivity contribution >= 4 is 18.9 Å². The molecule has 2 N–H and O–H groups in total. The number of rotatable bonds is 3. The van der Waals surface area contributed by atoms with Crippen LogP contribution in [0.3, 0.4) is 0 Å². The first-order valence-corrected chi connectivity index (χ1v) is 4.14. The molecule has 0 spiro atoms. The fourth-order valence-electron chi connectivity index (χ4n) is 0.904. The van der Waals surface area contributed by atoms with Crippen molar-refractivity contribution in [1.29, 1.82) is 0 Å². The minimum Gasteiger partial charge on any atom is -0.326 e. The van der Waals surface area contributed by atoms with Crippen LogP contribution in [0.2, 0.25) is 0 Å². The van der Waals surface area contributed by atoms with E-state index >= 15 is 0 Å². The Morgan fingerprint density at radius 1 is 1.42 bits per heavy atom. The maximum absolute atomic E-state index is 10.2. The average Bonchev–Trinajstić information content (AvgIpc) is 2.17. The second-order valence-electron chi connectivity index (χ2n) is 2.47. The smallest absolute Gasteiger partial charge is 0.216 e. The third-order valence-corrected chi connectivity index (χ3v) is 2.05. The highest BCUT2D eigenvalue weighted by molar-refractivity contribution is 7.81. The number of thiol groups is 1. The molecule has 0 aliphatic rings. The van der Waals surface area contributed by atoms with Gasteiger partial charge in [-0.3, -0.25) is 4.79 Å². The van der Waals surface area contributed by atoms with E-state index in [1.165, 1.54) is 0 Å². The van der Waals surface area contributed by atoms with Crippen molar-refractivity contribution in [2.45, 2.75) is 11.8 Å². The highest BCUT2D eigenvalue weighted by Crippen LogP contribution is 2.17. The Balaban J connectivity index is 2.84. The molecule has 0 aliphatic carbocycles. The third-order valence-electron chi connectivity index (χ3n) is 1.64. The fraction of sp³-hybridized carbons (Fsp3) is 0.222. The quantitative estimate of drug-likeness (QED) is 0.687. The molecule has 12 heavy (non-hydrogen) atoms. The van der Waals surface area contributed by atoms with E-state index in [0.717, 1.165) is 11.1 Å². The van der Waals surface area contributed by atoms with Crippen molar-refractivity contribution in [3.63, 3.8) is 0 Å². The zero-order valence-corrected chi connectivity index (χ0v) is 7.42. The summed E-state index contributed by atoms with van der Waals surface area (Å²) in [5.41, 5.74) is 7.31. The lowest BCUT2D eigenvalue weighted by molar-refractivity contribution is 0.554. The van der Waals surface area contributed by atoms with E-state index in [1.54, 1.807) is 6.29 Å². The Labute approximate surface area is 77.2 Å². The molecule has 1 unspecified atom stereocenters. The molecule has 63 valence electrons. The molecule has 3 heteroatoms. The van der Waals surface area contributed by atoms with E-state index in [2.05, 4.69) is 12.6 Å². The van der Waals surface area contributed by atoms with Gasteiger partial charge in [0.25, 0.3) is 0 Å². The van der Waals surface area contributed by atoms with E-state index < -0.39 is 5.25 Å². The Bertz CT molecular complexity index is 258. The van der Waals surface area contributed by atoms with Crippen LogP contribution in [0.15, 0.2) is 24.3 Å². The van der Waals surface area contributed by atoms with Crippen LogP contribution in [-0.2, 0) is 11.3 Å². The van der Waals surface area contributed by atoms with E-state index in [1.807, 2.05) is 24.3 Å². The predicted octanol–water partition coefficient (Wildman–Crippen LogP) is 1.23. The molecule has 2 nitrogen and oxygen atoms in total. The molecule has 1 radical (unpaired) electrons. The molecule has 0 amide bonds. The number of hydrogen-bond donors (Lipinski definition) is 2. The van der Waals surface area contributed by atoms with Crippen LogP contribution in [0.5, 0.6) is 0 Å². The summed E-state index contributed by atoms with van der Waals surface area (Å²) in [6.45, 7) is 0.516. The first kappa shape index (κ1) is 9.29. The van der Waals surface area contributed by atoms with Gasteiger partial charge in [0.1, 0.15) is 0 Å². The van der Waals surface area contributed by atoms with Crippen molar-refractivity contribution < 1.29 is 4.79 Å². The highest BCUT2D eigenvalue weighted by Gasteiger charge is 2.03. The van der Waals surface area contributed by atoms with Gasteiger partial charge in [0.15, 0.2) is 0 Å². The minimum atomic E-state index is -0.447. The molecule has 1 aromatic carbocycles. The lowest BCUT2D eigenvalue weighted by Crippen LogP contribution is -1.97. The lowest BCUT2D eigenvalue weighted by atomic mass is 10.1. The summed E-state index contributed by atoms with van der Waals surface area (Å²) in [6, 6.07) is 7.45. The third kappa shape index (κ3) is 2.09. The van der Waals surface area contributed by atoms with Gasteiger partial charge < -0.3 is 5.73 Å². The molecule has 0 saturated heterocycles. The van der Waals surface area contributed by atoms with Gasteiger partial charge in [0, 0.05) is 6.54 Å². The lowest BCUT2D eigenvalue weighted by Gasteiger charge is -2.02. The summed E-state index contributed by atoms with van der Waals surface area (Å²) in [5, 5.41) is -0.447. The summed E-state index contributed by atoms with van der Waals surface area (Å²) in [4.78, 5) is 10.2. The highest BCUT2D eigenvalue weighted by atomic mass is 32.1. The van der Waals surface area contributed by atoms with Crippen LogP contribution < -0.4 is 5.73 Å². The van der Waals surface area contributed by atoms with Crippen molar-refractivity contribution in [3.8, 4) is 0 Å².